The van der Waals surface area contributed by atoms with Crippen molar-refractivity contribution in [1.82, 2.24) is 10.1 Å². The number of benzene rings is 1. The molecular formula is C11H11BrN6OS. The fraction of sp³-hybridized carbons (Fsp3) is 0.0909. The zero-order chi connectivity index (χ0) is 14.5. The van der Waals surface area contributed by atoms with Crippen LogP contribution in [0.2, 0.25) is 0 Å². The monoisotopic (exact) mass is 354 g/mol. The summed E-state index contributed by atoms with van der Waals surface area (Å²) in [4.78, 5) is 7.84. The average molecular weight is 355 g/mol. The third-order valence-electron chi connectivity index (χ3n) is 2.11. The van der Waals surface area contributed by atoms with Crippen molar-refractivity contribution in [2.45, 2.75) is 5.75 Å². The summed E-state index contributed by atoms with van der Waals surface area (Å²) in [6.07, 6.45) is 0. The highest BCUT2D eigenvalue weighted by Gasteiger charge is 2.10. The maximum Gasteiger partial charge on any atom is 0.237 e. The summed E-state index contributed by atoms with van der Waals surface area (Å²) in [5, 5.41) is 11.4. The molecule has 1 aromatic heterocycles. The van der Waals surface area contributed by atoms with Crippen LogP contribution in [0.25, 0.3) is 11.4 Å². The highest BCUT2D eigenvalue weighted by Crippen LogP contribution is 2.21. The highest BCUT2D eigenvalue weighted by molar-refractivity contribution is 9.10. The Morgan fingerprint density at radius 2 is 2.25 bits per heavy atom. The average Bonchev–Trinajstić information content (AvgIpc) is 2.84. The number of halogens is 1. The van der Waals surface area contributed by atoms with Crippen molar-refractivity contribution in [3.63, 3.8) is 0 Å². The molecule has 0 atom stereocenters. The van der Waals surface area contributed by atoms with Crippen LogP contribution < -0.4 is 11.5 Å². The van der Waals surface area contributed by atoms with Crippen LogP contribution in [0.5, 0.6) is 0 Å². The fourth-order valence-corrected chi connectivity index (χ4v) is 2.28. The van der Waals surface area contributed by atoms with Crippen molar-refractivity contribution >= 4 is 38.8 Å². The number of aromatic nitrogens is 2. The summed E-state index contributed by atoms with van der Waals surface area (Å²) in [6.45, 7) is 0. The van der Waals surface area contributed by atoms with Crippen molar-refractivity contribution in [2.24, 2.45) is 16.5 Å². The standard InChI is InChI=1S/C11H11BrN6OS/c12-7-3-1-2-6(4-7)9-16-8(19-18-9)5-20-11(15)17-10(13)14/h1-4H,5H2,(H5,13,14,15,17). The molecule has 0 aliphatic rings. The van der Waals surface area contributed by atoms with E-state index < -0.39 is 0 Å². The number of thioether (sulfide) groups is 1. The molecule has 0 saturated carbocycles. The van der Waals surface area contributed by atoms with Gasteiger partial charge in [0.1, 0.15) is 0 Å². The first-order chi connectivity index (χ1) is 9.54. The molecule has 1 aromatic carbocycles. The molecule has 9 heteroatoms. The zero-order valence-electron chi connectivity index (χ0n) is 10.2. The first-order valence-corrected chi connectivity index (χ1v) is 7.22. The lowest BCUT2D eigenvalue weighted by molar-refractivity contribution is 0.392. The molecule has 0 fully saturated rings. The van der Waals surface area contributed by atoms with E-state index in [2.05, 4.69) is 31.1 Å². The number of guanidine groups is 1. The molecule has 104 valence electrons. The summed E-state index contributed by atoms with van der Waals surface area (Å²) in [7, 11) is 0. The van der Waals surface area contributed by atoms with Crippen LogP contribution >= 0.6 is 27.7 Å². The summed E-state index contributed by atoms with van der Waals surface area (Å²) in [5.74, 6) is 1.08. The van der Waals surface area contributed by atoms with Gasteiger partial charge in [-0.15, -0.1) is 0 Å². The molecule has 0 unspecified atom stereocenters. The van der Waals surface area contributed by atoms with Crippen LogP contribution in [0.4, 0.5) is 0 Å². The van der Waals surface area contributed by atoms with E-state index >= 15 is 0 Å². The van der Waals surface area contributed by atoms with Crippen molar-refractivity contribution in [2.75, 3.05) is 0 Å². The normalized spacial score (nSPS) is 10.2. The number of aliphatic imine (C=N–C) groups is 1. The number of hydrogen-bond acceptors (Lipinski definition) is 5. The molecule has 20 heavy (non-hydrogen) atoms. The predicted octanol–water partition coefficient (Wildman–Crippen LogP) is 1.94. The van der Waals surface area contributed by atoms with Crippen LogP contribution in [-0.2, 0) is 5.75 Å². The molecule has 0 radical (unpaired) electrons. The van der Waals surface area contributed by atoms with Gasteiger partial charge in [0.2, 0.25) is 11.7 Å². The molecule has 0 amide bonds. The molecule has 0 aliphatic carbocycles. The minimum absolute atomic E-state index is 0.00722. The molecule has 2 rings (SSSR count). The van der Waals surface area contributed by atoms with Crippen molar-refractivity contribution in [1.29, 1.82) is 5.41 Å². The maximum atomic E-state index is 7.49. The molecule has 5 N–H and O–H groups in total. The summed E-state index contributed by atoms with van der Waals surface area (Å²) < 4.78 is 6.04. The number of amidine groups is 1. The Balaban J connectivity index is 2.03. The van der Waals surface area contributed by atoms with E-state index in [-0.39, 0.29) is 11.1 Å². The quantitative estimate of drug-likeness (QED) is 0.570. The summed E-state index contributed by atoms with van der Waals surface area (Å²) in [6, 6.07) is 7.58. The Hall–Kier alpha value is -1.87. The molecule has 7 nitrogen and oxygen atoms in total. The van der Waals surface area contributed by atoms with Gasteiger partial charge in [-0.1, -0.05) is 45.0 Å². The summed E-state index contributed by atoms with van der Waals surface area (Å²) in [5.41, 5.74) is 11.2. The molecule has 0 saturated heterocycles. The van der Waals surface area contributed by atoms with E-state index in [0.717, 1.165) is 21.8 Å². The highest BCUT2D eigenvalue weighted by atomic mass is 79.9. The first kappa shape index (κ1) is 14.5. The molecule has 1 heterocycles. The third-order valence-corrected chi connectivity index (χ3v) is 3.36. The van der Waals surface area contributed by atoms with Crippen LogP contribution in [-0.4, -0.2) is 21.3 Å². The van der Waals surface area contributed by atoms with Gasteiger partial charge in [-0.3, -0.25) is 5.41 Å². The van der Waals surface area contributed by atoms with Gasteiger partial charge in [0.05, 0.1) is 5.75 Å². The van der Waals surface area contributed by atoms with Crippen LogP contribution in [0, 0.1) is 5.41 Å². The minimum atomic E-state index is -0.150. The SMILES string of the molecule is N=C(N=C(N)N)SCc1nc(-c2cccc(Br)c2)no1. The van der Waals surface area contributed by atoms with Crippen LogP contribution in [0.3, 0.4) is 0 Å². The Labute approximate surface area is 127 Å². The Kier molecular flexibility index (Phi) is 4.74. The second kappa shape index (κ2) is 6.53. The number of rotatable bonds is 3. The number of hydrogen-bond donors (Lipinski definition) is 3. The van der Waals surface area contributed by atoms with Gasteiger partial charge in [0.25, 0.3) is 0 Å². The predicted molar refractivity (Wildman–Crippen MR) is 82.3 cm³/mol. The smallest absolute Gasteiger partial charge is 0.237 e. The van der Waals surface area contributed by atoms with E-state index in [1.807, 2.05) is 24.3 Å². The lowest BCUT2D eigenvalue weighted by Gasteiger charge is -1.95. The number of nitrogens with two attached hydrogens (primary N) is 2. The van der Waals surface area contributed by atoms with E-state index in [0.29, 0.717) is 17.5 Å². The van der Waals surface area contributed by atoms with Crippen molar-refractivity contribution in [3.05, 3.63) is 34.6 Å². The summed E-state index contributed by atoms with van der Waals surface area (Å²) >= 11 is 4.48. The second-order valence-electron chi connectivity index (χ2n) is 3.65. The van der Waals surface area contributed by atoms with Gasteiger partial charge in [-0.25, -0.2) is 0 Å². The molecule has 0 spiro atoms. The van der Waals surface area contributed by atoms with Gasteiger partial charge in [-0.2, -0.15) is 9.98 Å². The van der Waals surface area contributed by atoms with Crippen LogP contribution in [0.1, 0.15) is 5.89 Å². The van der Waals surface area contributed by atoms with Gasteiger partial charge in [-0.05, 0) is 12.1 Å². The lowest BCUT2D eigenvalue weighted by Crippen LogP contribution is -2.23. The van der Waals surface area contributed by atoms with E-state index in [9.17, 15) is 0 Å². The number of nitrogens with zero attached hydrogens (tertiary/aromatic N) is 3. The largest absolute Gasteiger partial charge is 0.370 e. The van der Waals surface area contributed by atoms with Gasteiger partial charge < -0.3 is 16.0 Å². The van der Waals surface area contributed by atoms with Crippen molar-refractivity contribution < 1.29 is 4.52 Å². The van der Waals surface area contributed by atoms with Gasteiger partial charge in [0, 0.05) is 10.0 Å². The van der Waals surface area contributed by atoms with Gasteiger partial charge >= 0.3 is 0 Å². The molecule has 0 aliphatic heterocycles. The minimum Gasteiger partial charge on any atom is -0.370 e. The fourth-order valence-electron chi connectivity index (χ4n) is 1.34. The second-order valence-corrected chi connectivity index (χ2v) is 5.53. The molecule has 2 aromatic rings. The van der Waals surface area contributed by atoms with Crippen LogP contribution in [0.15, 0.2) is 38.3 Å². The van der Waals surface area contributed by atoms with E-state index in [1.165, 1.54) is 0 Å². The third kappa shape index (κ3) is 4.07. The molecule has 0 bridgehead atoms. The van der Waals surface area contributed by atoms with E-state index in [1.54, 1.807) is 0 Å². The lowest BCUT2D eigenvalue weighted by atomic mass is 10.2. The molecular weight excluding hydrogens is 344 g/mol. The first-order valence-electron chi connectivity index (χ1n) is 5.44. The van der Waals surface area contributed by atoms with Gasteiger partial charge in [0.15, 0.2) is 11.1 Å². The van der Waals surface area contributed by atoms with E-state index in [4.69, 9.17) is 21.4 Å². The Morgan fingerprint density at radius 3 is 2.95 bits per heavy atom. The Morgan fingerprint density at radius 1 is 1.45 bits per heavy atom. The Bertz CT molecular complexity index is 652. The van der Waals surface area contributed by atoms with Crippen molar-refractivity contribution in [3.8, 4) is 11.4 Å². The zero-order valence-corrected chi connectivity index (χ0v) is 12.6. The topological polar surface area (TPSA) is 127 Å². The number of nitrogens with one attached hydrogen (secondary N) is 1. The maximum absolute atomic E-state index is 7.49.